The Labute approximate surface area is 165 Å². The molecule has 0 aliphatic heterocycles. The maximum absolute atomic E-state index is 12.1. The summed E-state index contributed by atoms with van der Waals surface area (Å²) in [7, 11) is 0. The molecule has 0 aliphatic carbocycles. The van der Waals surface area contributed by atoms with Crippen LogP contribution in [0, 0.1) is 13.8 Å². The smallest absolute Gasteiger partial charge is 0.271 e. The number of amides is 1. The van der Waals surface area contributed by atoms with E-state index < -0.39 is 5.91 Å². The molecule has 4 rings (SSSR count). The fourth-order valence-corrected chi connectivity index (χ4v) is 3.63. The topological polar surface area (TPSA) is 127 Å². The van der Waals surface area contributed by atoms with E-state index in [1.54, 1.807) is 38.1 Å². The number of para-hydroxylation sites is 1. The number of fused-ring (bicyclic) bond motifs is 1. The van der Waals surface area contributed by atoms with Gasteiger partial charge in [0.2, 0.25) is 0 Å². The summed E-state index contributed by atoms with van der Waals surface area (Å²) in [6, 6.07) is 14.0. The molecule has 8 nitrogen and oxygen atoms in total. The summed E-state index contributed by atoms with van der Waals surface area (Å²) in [6.45, 7) is 3.55. The van der Waals surface area contributed by atoms with Gasteiger partial charge in [0, 0.05) is 16.6 Å². The fourth-order valence-electron chi connectivity index (χ4n) is 3.63. The number of primary amides is 1. The lowest BCUT2D eigenvalue weighted by Gasteiger charge is -2.13. The van der Waals surface area contributed by atoms with Crippen LogP contribution in [0.3, 0.4) is 0 Å². The molecule has 8 heteroatoms. The van der Waals surface area contributed by atoms with E-state index in [1.807, 2.05) is 28.8 Å². The molecule has 4 N–H and O–H groups in total. The van der Waals surface area contributed by atoms with Gasteiger partial charge in [-0.15, -0.1) is 0 Å². The second-order valence-corrected chi connectivity index (χ2v) is 6.60. The van der Waals surface area contributed by atoms with Gasteiger partial charge < -0.3 is 25.1 Å². The molecule has 1 amide bonds. The van der Waals surface area contributed by atoms with Crippen molar-refractivity contribution in [2.75, 3.05) is 0 Å². The highest BCUT2D eigenvalue weighted by atomic mass is 16.5. The van der Waals surface area contributed by atoms with Crippen molar-refractivity contribution in [1.82, 2.24) is 9.72 Å². The van der Waals surface area contributed by atoms with Gasteiger partial charge in [-0.2, -0.15) is 0 Å². The number of carbonyl (C=O) groups excluding carboxylic acids is 1. The zero-order valence-corrected chi connectivity index (χ0v) is 15.7. The molecule has 0 unspecified atom stereocenters. The maximum Gasteiger partial charge on any atom is 0.271 e. The quantitative estimate of drug-likeness (QED) is 0.280. The van der Waals surface area contributed by atoms with Crippen molar-refractivity contribution in [3.8, 4) is 22.7 Å². The van der Waals surface area contributed by atoms with Crippen LogP contribution in [0.2, 0.25) is 0 Å². The number of nitrogens with zero attached hydrogens (tertiary/aromatic N) is 3. The molecular weight excluding hydrogens is 372 g/mol. The normalized spacial score (nSPS) is 11.9. The molecule has 0 fully saturated rings. The summed E-state index contributed by atoms with van der Waals surface area (Å²) in [6.07, 6.45) is 0. The first-order valence-corrected chi connectivity index (χ1v) is 8.82. The average molecular weight is 390 g/mol. The van der Waals surface area contributed by atoms with E-state index in [2.05, 4.69) is 10.3 Å². The van der Waals surface area contributed by atoms with Crippen molar-refractivity contribution in [3.05, 3.63) is 65.5 Å². The number of rotatable bonds is 4. The van der Waals surface area contributed by atoms with Crippen LogP contribution in [0.25, 0.3) is 27.8 Å². The highest BCUT2D eigenvalue weighted by Gasteiger charge is 2.29. The summed E-state index contributed by atoms with van der Waals surface area (Å²) in [5.74, 6) is -0.207. The Balaban J connectivity index is 2.24. The molecule has 146 valence electrons. The zero-order valence-electron chi connectivity index (χ0n) is 15.7. The Morgan fingerprint density at radius 2 is 1.83 bits per heavy atom. The third kappa shape index (κ3) is 2.82. The van der Waals surface area contributed by atoms with E-state index in [0.29, 0.717) is 33.7 Å². The van der Waals surface area contributed by atoms with Crippen molar-refractivity contribution >= 4 is 22.5 Å². The van der Waals surface area contributed by atoms with E-state index in [-0.39, 0.29) is 11.5 Å². The van der Waals surface area contributed by atoms with Crippen LogP contribution in [0.1, 0.15) is 17.0 Å². The van der Waals surface area contributed by atoms with Crippen LogP contribution in [0.4, 0.5) is 0 Å². The van der Waals surface area contributed by atoms with Gasteiger partial charge in [-0.25, -0.2) is 0 Å². The number of oxime groups is 1. The van der Waals surface area contributed by atoms with Crippen LogP contribution in [-0.2, 0) is 4.79 Å². The molecule has 0 radical (unpaired) electrons. The summed E-state index contributed by atoms with van der Waals surface area (Å²) < 4.78 is 7.26. The third-order valence-corrected chi connectivity index (χ3v) is 4.82. The standard InChI is InChI=1S/C21H18N4O4/c1-11-17(12(2)29-24-11)20-18(19(23-28)21(22)27)15-5-3-4-6-16(15)25(20)13-7-9-14(26)10-8-13/h3-10,26,28H,1-2H3,(H2,22,27)/b23-19+. The van der Waals surface area contributed by atoms with Crippen molar-refractivity contribution < 1.29 is 19.6 Å². The molecule has 2 heterocycles. The molecule has 29 heavy (non-hydrogen) atoms. The van der Waals surface area contributed by atoms with Crippen molar-refractivity contribution in [3.63, 3.8) is 0 Å². The second-order valence-electron chi connectivity index (χ2n) is 6.60. The number of phenolic OH excluding ortho intramolecular Hbond substituents is 1. The number of aromatic nitrogens is 2. The predicted molar refractivity (Wildman–Crippen MR) is 107 cm³/mol. The minimum Gasteiger partial charge on any atom is -0.508 e. The average Bonchev–Trinajstić information content (AvgIpc) is 3.20. The summed E-state index contributed by atoms with van der Waals surface area (Å²) in [5.41, 5.74) is 8.93. The molecule has 0 saturated carbocycles. The first-order chi connectivity index (χ1) is 13.9. The number of hydrogen-bond donors (Lipinski definition) is 3. The molecule has 2 aromatic carbocycles. The predicted octanol–water partition coefficient (Wildman–Crippen LogP) is 3.27. The van der Waals surface area contributed by atoms with Crippen molar-refractivity contribution in [2.45, 2.75) is 13.8 Å². The summed E-state index contributed by atoms with van der Waals surface area (Å²) >= 11 is 0. The highest BCUT2D eigenvalue weighted by Crippen LogP contribution is 2.39. The van der Waals surface area contributed by atoms with Gasteiger partial charge >= 0.3 is 0 Å². The Morgan fingerprint density at radius 3 is 2.41 bits per heavy atom. The molecule has 4 aromatic rings. The van der Waals surface area contributed by atoms with E-state index in [0.717, 1.165) is 11.2 Å². The second kappa shape index (κ2) is 6.83. The first-order valence-electron chi connectivity index (χ1n) is 8.82. The van der Waals surface area contributed by atoms with Crippen LogP contribution < -0.4 is 5.73 Å². The van der Waals surface area contributed by atoms with Gasteiger partial charge in [0.05, 0.1) is 22.5 Å². The Morgan fingerprint density at radius 1 is 1.14 bits per heavy atom. The number of aromatic hydroxyl groups is 1. The van der Waals surface area contributed by atoms with Crippen LogP contribution >= 0.6 is 0 Å². The monoisotopic (exact) mass is 390 g/mol. The van der Waals surface area contributed by atoms with Gasteiger partial charge in [0.25, 0.3) is 5.91 Å². The van der Waals surface area contributed by atoms with Crippen LogP contribution in [0.5, 0.6) is 5.75 Å². The van der Waals surface area contributed by atoms with Crippen molar-refractivity contribution in [2.24, 2.45) is 10.9 Å². The minimum atomic E-state index is -0.867. The van der Waals surface area contributed by atoms with Crippen molar-refractivity contribution in [1.29, 1.82) is 0 Å². The molecule has 0 aliphatic rings. The van der Waals surface area contributed by atoms with Gasteiger partial charge in [-0.1, -0.05) is 28.5 Å². The lowest BCUT2D eigenvalue weighted by molar-refractivity contribution is -0.112. The molecule has 0 atom stereocenters. The Bertz CT molecular complexity index is 1250. The largest absolute Gasteiger partial charge is 0.508 e. The molecule has 0 spiro atoms. The first kappa shape index (κ1) is 18.3. The molecule has 0 saturated heterocycles. The molecular formula is C21H18N4O4. The van der Waals surface area contributed by atoms with Crippen LogP contribution in [-0.4, -0.2) is 31.7 Å². The lowest BCUT2D eigenvalue weighted by atomic mass is 9.99. The lowest BCUT2D eigenvalue weighted by Crippen LogP contribution is -2.25. The number of aryl methyl sites for hydroxylation is 2. The fraction of sp³-hybridized carbons (Fsp3) is 0.0952. The Kier molecular flexibility index (Phi) is 4.31. The van der Waals surface area contributed by atoms with E-state index >= 15 is 0 Å². The highest BCUT2D eigenvalue weighted by molar-refractivity contribution is 6.48. The molecule has 2 aromatic heterocycles. The number of hydrogen-bond acceptors (Lipinski definition) is 6. The van der Waals surface area contributed by atoms with E-state index in [9.17, 15) is 15.1 Å². The van der Waals surface area contributed by atoms with E-state index in [1.165, 1.54) is 0 Å². The van der Waals surface area contributed by atoms with Gasteiger partial charge in [-0.05, 0) is 44.2 Å². The van der Waals surface area contributed by atoms with Gasteiger partial charge in [-0.3, -0.25) is 4.79 Å². The van der Waals surface area contributed by atoms with Gasteiger partial charge in [0.15, 0.2) is 5.71 Å². The summed E-state index contributed by atoms with van der Waals surface area (Å²) in [5, 5.41) is 27.2. The number of benzene rings is 2. The van der Waals surface area contributed by atoms with E-state index in [4.69, 9.17) is 10.3 Å². The third-order valence-electron chi connectivity index (χ3n) is 4.82. The maximum atomic E-state index is 12.1. The molecule has 0 bridgehead atoms. The Hall–Kier alpha value is -4.07. The number of carbonyl (C=O) groups is 1. The van der Waals surface area contributed by atoms with Crippen LogP contribution in [0.15, 0.2) is 58.2 Å². The summed E-state index contributed by atoms with van der Waals surface area (Å²) in [4.78, 5) is 12.1. The van der Waals surface area contributed by atoms with Gasteiger partial charge in [0.1, 0.15) is 11.5 Å². The number of nitrogens with two attached hydrogens (primary N) is 1. The minimum absolute atomic E-state index is 0.124. The SMILES string of the molecule is Cc1noc(C)c1-c1c(/C(=N\O)C(N)=O)c2ccccc2n1-c1ccc(O)cc1. The zero-order chi connectivity index (χ0) is 20.7. The number of phenols is 1.